The Kier molecular flexibility index (Phi) is 5.12. The minimum Gasteiger partial charge on any atom is -0.399 e. The molecular weight excluding hydrogens is 250 g/mol. The van der Waals surface area contributed by atoms with E-state index in [4.69, 9.17) is 5.73 Å². The highest BCUT2D eigenvalue weighted by Crippen LogP contribution is 2.20. The van der Waals surface area contributed by atoms with Gasteiger partial charge in [-0.1, -0.05) is 13.8 Å². The molecule has 1 aromatic carbocycles. The first-order valence-corrected chi connectivity index (χ1v) is 7.21. The summed E-state index contributed by atoms with van der Waals surface area (Å²) in [5.41, 5.74) is 7.38. The third kappa shape index (κ3) is 3.57. The molecule has 0 fully saturated rings. The van der Waals surface area contributed by atoms with Gasteiger partial charge < -0.3 is 16.0 Å². The van der Waals surface area contributed by atoms with E-state index in [1.165, 1.54) is 6.42 Å². The molecular formula is C15H23N5. The SMILES string of the molecule is CCCN(CC)CCNc1ncnc2cc(N)ccc12. The van der Waals surface area contributed by atoms with Crippen LogP contribution in [-0.2, 0) is 0 Å². The van der Waals surface area contributed by atoms with Gasteiger partial charge in [-0.25, -0.2) is 9.97 Å². The second-order valence-electron chi connectivity index (χ2n) is 4.86. The number of aromatic nitrogens is 2. The van der Waals surface area contributed by atoms with Gasteiger partial charge in [0.25, 0.3) is 0 Å². The Bertz CT molecular complexity index is 555. The molecule has 2 aromatic rings. The molecule has 0 atom stereocenters. The molecule has 0 aliphatic rings. The largest absolute Gasteiger partial charge is 0.399 e. The molecule has 1 aromatic heterocycles. The summed E-state index contributed by atoms with van der Waals surface area (Å²) in [6.07, 6.45) is 2.76. The van der Waals surface area contributed by atoms with Crippen LogP contribution in [0.15, 0.2) is 24.5 Å². The van der Waals surface area contributed by atoms with Crippen LogP contribution in [0.1, 0.15) is 20.3 Å². The molecule has 5 nitrogen and oxygen atoms in total. The molecule has 0 unspecified atom stereocenters. The zero-order chi connectivity index (χ0) is 14.4. The van der Waals surface area contributed by atoms with Crippen molar-refractivity contribution in [3.63, 3.8) is 0 Å². The van der Waals surface area contributed by atoms with Crippen molar-refractivity contribution >= 4 is 22.4 Å². The predicted molar refractivity (Wildman–Crippen MR) is 84.8 cm³/mol. The molecule has 0 bridgehead atoms. The van der Waals surface area contributed by atoms with Gasteiger partial charge in [0, 0.05) is 24.2 Å². The first kappa shape index (κ1) is 14.5. The Labute approximate surface area is 120 Å². The lowest BCUT2D eigenvalue weighted by Crippen LogP contribution is -2.29. The summed E-state index contributed by atoms with van der Waals surface area (Å²) in [5.74, 6) is 0.877. The Morgan fingerprint density at radius 2 is 2.05 bits per heavy atom. The van der Waals surface area contributed by atoms with Crippen LogP contribution in [0, 0.1) is 0 Å². The molecule has 0 saturated carbocycles. The van der Waals surface area contributed by atoms with E-state index in [0.29, 0.717) is 0 Å². The predicted octanol–water partition coefficient (Wildman–Crippen LogP) is 2.36. The zero-order valence-corrected chi connectivity index (χ0v) is 12.3. The first-order chi connectivity index (χ1) is 9.74. The molecule has 0 aliphatic heterocycles. The summed E-state index contributed by atoms with van der Waals surface area (Å²) in [6, 6.07) is 5.72. The Hall–Kier alpha value is -1.88. The maximum atomic E-state index is 5.78. The fraction of sp³-hybridized carbons (Fsp3) is 0.467. The molecule has 1 heterocycles. The molecule has 2 rings (SSSR count). The summed E-state index contributed by atoms with van der Waals surface area (Å²) >= 11 is 0. The van der Waals surface area contributed by atoms with Crippen LogP contribution in [0.5, 0.6) is 0 Å². The van der Waals surface area contributed by atoms with Crippen molar-refractivity contribution in [3.05, 3.63) is 24.5 Å². The van der Waals surface area contributed by atoms with Crippen molar-refractivity contribution in [1.82, 2.24) is 14.9 Å². The number of fused-ring (bicyclic) bond motifs is 1. The average Bonchev–Trinajstić information content (AvgIpc) is 2.46. The van der Waals surface area contributed by atoms with Crippen molar-refractivity contribution < 1.29 is 0 Å². The van der Waals surface area contributed by atoms with Gasteiger partial charge in [0.2, 0.25) is 0 Å². The number of nitrogens with one attached hydrogen (secondary N) is 1. The maximum Gasteiger partial charge on any atom is 0.137 e. The Morgan fingerprint density at radius 1 is 1.20 bits per heavy atom. The van der Waals surface area contributed by atoms with Crippen molar-refractivity contribution in [2.45, 2.75) is 20.3 Å². The lowest BCUT2D eigenvalue weighted by molar-refractivity contribution is 0.300. The number of nitrogens with two attached hydrogens (primary N) is 1. The van der Waals surface area contributed by atoms with E-state index in [9.17, 15) is 0 Å². The second kappa shape index (κ2) is 7.05. The topological polar surface area (TPSA) is 67.1 Å². The molecule has 108 valence electrons. The molecule has 3 N–H and O–H groups in total. The van der Waals surface area contributed by atoms with Gasteiger partial charge in [-0.2, -0.15) is 0 Å². The van der Waals surface area contributed by atoms with Crippen LogP contribution in [0.25, 0.3) is 10.9 Å². The van der Waals surface area contributed by atoms with Crippen LogP contribution in [0.3, 0.4) is 0 Å². The second-order valence-corrected chi connectivity index (χ2v) is 4.86. The minimum absolute atomic E-state index is 0.724. The van der Waals surface area contributed by atoms with Gasteiger partial charge in [0.15, 0.2) is 0 Å². The normalized spacial score (nSPS) is 11.2. The number of benzene rings is 1. The third-order valence-electron chi connectivity index (χ3n) is 3.37. The summed E-state index contributed by atoms with van der Waals surface area (Å²) in [5, 5.41) is 4.41. The van der Waals surface area contributed by atoms with Crippen molar-refractivity contribution in [1.29, 1.82) is 0 Å². The quantitative estimate of drug-likeness (QED) is 0.758. The molecule has 20 heavy (non-hydrogen) atoms. The van der Waals surface area contributed by atoms with Gasteiger partial charge in [0.05, 0.1) is 5.52 Å². The highest BCUT2D eigenvalue weighted by atomic mass is 15.1. The van der Waals surface area contributed by atoms with E-state index in [-0.39, 0.29) is 0 Å². The highest BCUT2D eigenvalue weighted by molar-refractivity contribution is 5.90. The van der Waals surface area contributed by atoms with Crippen LogP contribution in [-0.4, -0.2) is 41.0 Å². The minimum atomic E-state index is 0.724. The van der Waals surface area contributed by atoms with Gasteiger partial charge in [-0.3, -0.25) is 0 Å². The van der Waals surface area contributed by atoms with Crippen LogP contribution in [0.2, 0.25) is 0 Å². The average molecular weight is 273 g/mol. The monoisotopic (exact) mass is 273 g/mol. The fourth-order valence-electron chi connectivity index (χ4n) is 2.29. The van der Waals surface area contributed by atoms with E-state index >= 15 is 0 Å². The number of rotatable bonds is 7. The molecule has 0 aliphatic carbocycles. The lowest BCUT2D eigenvalue weighted by Gasteiger charge is -2.19. The number of likely N-dealkylation sites (N-methyl/N-ethyl adjacent to an activating group) is 1. The van der Waals surface area contributed by atoms with E-state index in [1.807, 2.05) is 18.2 Å². The fourth-order valence-corrected chi connectivity index (χ4v) is 2.29. The van der Waals surface area contributed by atoms with Crippen molar-refractivity contribution in [3.8, 4) is 0 Å². The number of hydrogen-bond donors (Lipinski definition) is 2. The number of nitrogens with zero attached hydrogens (tertiary/aromatic N) is 3. The van der Waals surface area contributed by atoms with Gasteiger partial charge in [-0.05, 0) is 37.7 Å². The van der Waals surface area contributed by atoms with Gasteiger partial charge in [0.1, 0.15) is 12.1 Å². The number of anilines is 2. The molecule has 5 heteroatoms. The van der Waals surface area contributed by atoms with Gasteiger partial charge >= 0.3 is 0 Å². The molecule has 0 amide bonds. The van der Waals surface area contributed by atoms with E-state index in [0.717, 1.165) is 48.6 Å². The van der Waals surface area contributed by atoms with Crippen LogP contribution >= 0.6 is 0 Å². The summed E-state index contributed by atoms with van der Waals surface area (Å²) < 4.78 is 0. The number of hydrogen-bond acceptors (Lipinski definition) is 5. The Morgan fingerprint density at radius 3 is 2.80 bits per heavy atom. The van der Waals surface area contributed by atoms with Crippen molar-refractivity contribution in [2.75, 3.05) is 37.2 Å². The Balaban J connectivity index is 2.03. The lowest BCUT2D eigenvalue weighted by atomic mass is 10.2. The molecule has 0 spiro atoms. The van der Waals surface area contributed by atoms with Crippen LogP contribution in [0.4, 0.5) is 11.5 Å². The summed E-state index contributed by atoms with van der Waals surface area (Å²) in [7, 11) is 0. The summed E-state index contributed by atoms with van der Waals surface area (Å²) in [4.78, 5) is 11.0. The van der Waals surface area contributed by atoms with Crippen LogP contribution < -0.4 is 11.1 Å². The number of nitrogen functional groups attached to an aromatic ring is 1. The molecule has 0 saturated heterocycles. The molecule has 0 radical (unpaired) electrons. The third-order valence-corrected chi connectivity index (χ3v) is 3.37. The highest BCUT2D eigenvalue weighted by Gasteiger charge is 2.05. The first-order valence-electron chi connectivity index (χ1n) is 7.21. The van der Waals surface area contributed by atoms with Gasteiger partial charge in [-0.15, -0.1) is 0 Å². The maximum absolute atomic E-state index is 5.78. The standard InChI is InChI=1S/C15H23N5/c1-3-8-20(4-2)9-7-17-15-13-6-5-12(16)10-14(13)18-11-19-15/h5-6,10-11H,3-4,7-9,16H2,1-2H3,(H,17,18,19). The van der Waals surface area contributed by atoms with E-state index in [2.05, 4.69) is 34.0 Å². The summed E-state index contributed by atoms with van der Waals surface area (Å²) in [6.45, 7) is 8.52. The van der Waals surface area contributed by atoms with Crippen molar-refractivity contribution in [2.24, 2.45) is 0 Å². The van der Waals surface area contributed by atoms with E-state index in [1.54, 1.807) is 6.33 Å². The zero-order valence-electron chi connectivity index (χ0n) is 12.3. The van der Waals surface area contributed by atoms with E-state index < -0.39 is 0 Å². The smallest absolute Gasteiger partial charge is 0.137 e.